The van der Waals surface area contributed by atoms with E-state index in [1.165, 1.54) is 5.56 Å². The highest BCUT2D eigenvalue weighted by molar-refractivity contribution is 9.10. The van der Waals surface area contributed by atoms with E-state index < -0.39 is 0 Å². The Kier molecular flexibility index (Phi) is 3.96. The lowest BCUT2D eigenvalue weighted by atomic mass is 10.1. The fourth-order valence-corrected chi connectivity index (χ4v) is 2.89. The van der Waals surface area contributed by atoms with E-state index in [0.717, 1.165) is 35.0 Å². The normalized spacial score (nSPS) is 13.3. The number of nitrogens with two attached hydrogens (primary N) is 1. The van der Waals surface area contributed by atoms with E-state index in [4.69, 9.17) is 22.1 Å². The zero-order valence-corrected chi connectivity index (χ0v) is 13.2. The van der Waals surface area contributed by atoms with Gasteiger partial charge in [-0.2, -0.15) is 0 Å². The number of fused-ring (bicyclic) bond motifs is 1. The van der Waals surface area contributed by atoms with Gasteiger partial charge in [-0.15, -0.1) is 0 Å². The third kappa shape index (κ3) is 2.68. The molecule has 1 heterocycles. The van der Waals surface area contributed by atoms with Gasteiger partial charge in [-0.25, -0.2) is 4.98 Å². The number of halogens is 2. The minimum Gasteiger partial charge on any atom is -0.437 e. The molecule has 0 unspecified atom stereocenters. The van der Waals surface area contributed by atoms with E-state index in [0.29, 0.717) is 23.2 Å². The molecule has 5 heteroatoms. The zero-order valence-electron chi connectivity index (χ0n) is 10.8. The Morgan fingerprint density at radius 3 is 2.95 bits per heavy atom. The second-order valence-corrected chi connectivity index (χ2v) is 6.12. The molecule has 20 heavy (non-hydrogen) atoms. The van der Waals surface area contributed by atoms with Crippen LogP contribution in [0.1, 0.15) is 23.2 Å². The van der Waals surface area contributed by atoms with Gasteiger partial charge < -0.3 is 10.5 Å². The van der Waals surface area contributed by atoms with Crippen LogP contribution < -0.4 is 10.5 Å². The summed E-state index contributed by atoms with van der Waals surface area (Å²) in [6, 6.07) is 7.60. The molecule has 0 spiro atoms. The van der Waals surface area contributed by atoms with Crippen molar-refractivity contribution in [3.63, 3.8) is 0 Å². The lowest BCUT2D eigenvalue weighted by Crippen LogP contribution is -2.04. The van der Waals surface area contributed by atoms with Crippen molar-refractivity contribution in [2.45, 2.75) is 25.8 Å². The molecule has 0 saturated carbocycles. The second kappa shape index (κ2) is 5.72. The first-order chi connectivity index (χ1) is 9.67. The molecule has 104 valence electrons. The van der Waals surface area contributed by atoms with Crippen molar-refractivity contribution in [3.05, 3.63) is 50.6 Å². The van der Waals surface area contributed by atoms with Crippen LogP contribution >= 0.6 is 27.5 Å². The molecule has 1 aliphatic rings. The van der Waals surface area contributed by atoms with Gasteiger partial charge in [0.1, 0.15) is 5.75 Å². The number of ether oxygens (including phenoxy) is 1. The highest BCUT2D eigenvalue weighted by Gasteiger charge is 2.17. The molecular weight excluding hydrogens is 340 g/mol. The average Bonchev–Trinajstić information content (AvgIpc) is 2.89. The Labute approximate surface area is 131 Å². The summed E-state index contributed by atoms with van der Waals surface area (Å²) in [6.07, 6.45) is 3.23. The van der Waals surface area contributed by atoms with Crippen molar-refractivity contribution < 1.29 is 4.74 Å². The Bertz CT molecular complexity index is 661. The Balaban J connectivity index is 1.99. The Morgan fingerprint density at radius 2 is 2.15 bits per heavy atom. The number of pyridine rings is 1. The molecule has 2 aromatic rings. The Morgan fingerprint density at radius 1 is 1.30 bits per heavy atom. The maximum atomic E-state index is 6.15. The van der Waals surface area contributed by atoms with Crippen molar-refractivity contribution in [1.82, 2.24) is 4.98 Å². The molecule has 2 N–H and O–H groups in total. The molecule has 0 fully saturated rings. The first-order valence-electron chi connectivity index (χ1n) is 6.52. The summed E-state index contributed by atoms with van der Waals surface area (Å²) in [6.45, 7) is 0.404. The predicted octanol–water partition coefficient (Wildman–Crippen LogP) is 4.24. The summed E-state index contributed by atoms with van der Waals surface area (Å²) in [5.41, 5.74) is 9.13. The van der Waals surface area contributed by atoms with Crippen LogP contribution in [0.25, 0.3) is 0 Å². The molecule has 1 aliphatic carbocycles. The summed E-state index contributed by atoms with van der Waals surface area (Å²) >= 11 is 9.57. The lowest BCUT2D eigenvalue weighted by molar-refractivity contribution is 0.454. The van der Waals surface area contributed by atoms with Gasteiger partial charge in [-0.3, -0.25) is 0 Å². The van der Waals surface area contributed by atoms with E-state index in [1.807, 2.05) is 12.1 Å². The smallest absolute Gasteiger partial charge is 0.224 e. The van der Waals surface area contributed by atoms with E-state index in [-0.39, 0.29) is 0 Å². The highest BCUT2D eigenvalue weighted by atomic mass is 79.9. The number of aromatic nitrogens is 1. The quantitative estimate of drug-likeness (QED) is 0.898. The van der Waals surface area contributed by atoms with Gasteiger partial charge in [0.2, 0.25) is 5.88 Å². The largest absolute Gasteiger partial charge is 0.437 e. The number of hydrogen-bond acceptors (Lipinski definition) is 3. The minimum absolute atomic E-state index is 0.404. The van der Waals surface area contributed by atoms with Gasteiger partial charge in [0.25, 0.3) is 0 Å². The van der Waals surface area contributed by atoms with Crippen LogP contribution in [-0.4, -0.2) is 4.98 Å². The number of aryl methyl sites for hydroxylation is 2. The second-order valence-electron chi connectivity index (χ2n) is 4.79. The van der Waals surface area contributed by atoms with Crippen LogP contribution in [0, 0.1) is 0 Å². The first kappa shape index (κ1) is 13.9. The summed E-state index contributed by atoms with van der Waals surface area (Å²) in [5.74, 6) is 1.15. The predicted molar refractivity (Wildman–Crippen MR) is 83.4 cm³/mol. The van der Waals surface area contributed by atoms with Gasteiger partial charge >= 0.3 is 0 Å². The first-order valence-corrected chi connectivity index (χ1v) is 7.69. The molecular formula is C15H14BrClN2O. The van der Waals surface area contributed by atoms with Gasteiger partial charge in [0, 0.05) is 22.3 Å². The topological polar surface area (TPSA) is 48.1 Å². The van der Waals surface area contributed by atoms with Crippen LogP contribution in [0.3, 0.4) is 0 Å². The zero-order chi connectivity index (χ0) is 14.1. The van der Waals surface area contributed by atoms with Gasteiger partial charge in [-0.1, -0.05) is 27.5 Å². The van der Waals surface area contributed by atoms with Crippen molar-refractivity contribution in [2.75, 3.05) is 0 Å². The summed E-state index contributed by atoms with van der Waals surface area (Å²) < 4.78 is 6.79. The minimum atomic E-state index is 0.404. The van der Waals surface area contributed by atoms with Crippen LogP contribution in [0.15, 0.2) is 28.7 Å². The SMILES string of the molecule is NCc1cc2c(nc1Oc1cc(Br)ccc1Cl)CCC2. The maximum Gasteiger partial charge on any atom is 0.224 e. The molecule has 0 saturated heterocycles. The number of benzene rings is 1. The third-order valence-corrected chi connectivity index (χ3v) is 4.22. The van der Waals surface area contributed by atoms with Crippen LogP contribution in [-0.2, 0) is 19.4 Å². The van der Waals surface area contributed by atoms with Crippen LogP contribution in [0.2, 0.25) is 5.02 Å². The molecule has 0 aliphatic heterocycles. The standard InChI is InChI=1S/C15H14BrClN2O/c16-11-4-5-12(17)14(7-11)20-15-10(8-18)6-9-2-1-3-13(9)19-15/h4-7H,1-3,8,18H2. The summed E-state index contributed by atoms with van der Waals surface area (Å²) in [4.78, 5) is 4.61. The Hall–Kier alpha value is -1.10. The monoisotopic (exact) mass is 352 g/mol. The molecule has 0 bridgehead atoms. The number of nitrogens with zero attached hydrogens (tertiary/aromatic N) is 1. The van der Waals surface area contributed by atoms with E-state index >= 15 is 0 Å². The van der Waals surface area contributed by atoms with Crippen LogP contribution in [0.4, 0.5) is 0 Å². The summed E-state index contributed by atoms with van der Waals surface area (Å²) in [5, 5.41) is 0.554. The lowest BCUT2D eigenvalue weighted by Gasteiger charge is -2.12. The van der Waals surface area contributed by atoms with E-state index in [1.54, 1.807) is 6.07 Å². The number of hydrogen-bond donors (Lipinski definition) is 1. The molecule has 0 radical (unpaired) electrons. The van der Waals surface area contributed by atoms with Crippen LogP contribution in [0.5, 0.6) is 11.6 Å². The third-order valence-electron chi connectivity index (χ3n) is 3.41. The fraction of sp³-hybridized carbons (Fsp3) is 0.267. The molecule has 0 atom stereocenters. The van der Waals surface area contributed by atoms with Crippen molar-refractivity contribution in [3.8, 4) is 11.6 Å². The van der Waals surface area contributed by atoms with Gasteiger partial charge in [0.05, 0.1) is 5.02 Å². The van der Waals surface area contributed by atoms with Crippen molar-refractivity contribution >= 4 is 27.5 Å². The van der Waals surface area contributed by atoms with Gasteiger partial charge in [0.15, 0.2) is 0 Å². The molecule has 0 amide bonds. The summed E-state index contributed by atoms with van der Waals surface area (Å²) in [7, 11) is 0. The van der Waals surface area contributed by atoms with Crippen molar-refractivity contribution in [1.29, 1.82) is 0 Å². The number of rotatable bonds is 3. The average molecular weight is 354 g/mol. The van der Waals surface area contributed by atoms with E-state index in [9.17, 15) is 0 Å². The molecule has 3 rings (SSSR count). The van der Waals surface area contributed by atoms with Crippen molar-refractivity contribution in [2.24, 2.45) is 5.73 Å². The maximum absolute atomic E-state index is 6.15. The van der Waals surface area contributed by atoms with Gasteiger partial charge in [-0.05, 0) is 49.1 Å². The van der Waals surface area contributed by atoms with E-state index in [2.05, 4.69) is 27.0 Å². The fourth-order valence-electron chi connectivity index (χ4n) is 2.39. The molecule has 1 aromatic heterocycles. The highest BCUT2D eigenvalue weighted by Crippen LogP contribution is 2.34. The molecule has 3 nitrogen and oxygen atoms in total. The molecule has 1 aromatic carbocycles.